The summed E-state index contributed by atoms with van der Waals surface area (Å²) in [5.74, 6) is -4.00. The first-order valence-electron chi connectivity index (χ1n) is 7.31. The van der Waals surface area contributed by atoms with Crippen LogP contribution in [0.2, 0.25) is 0 Å². The topological polar surface area (TPSA) is 200 Å². The largest absolute Gasteiger partial charge is 0.480 e. The Morgan fingerprint density at radius 3 is 1.84 bits per heavy atom. The molecule has 8 N–H and O–H groups in total. The molecule has 0 aromatic heterocycles. The van der Waals surface area contributed by atoms with Crippen LogP contribution in [0.4, 0.5) is 0 Å². The summed E-state index contributed by atoms with van der Waals surface area (Å²) in [6.45, 7) is 1.22. The van der Waals surface area contributed by atoms with E-state index in [0.29, 0.717) is 0 Å². The predicted molar refractivity (Wildman–Crippen MR) is 83.9 cm³/mol. The minimum absolute atomic E-state index is 0.447. The van der Waals surface area contributed by atoms with Gasteiger partial charge in [-0.15, -0.1) is 0 Å². The summed E-state index contributed by atoms with van der Waals surface area (Å²) in [5.41, 5.74) is 5.41. The summed E-state index contributed by atoms with van der Waals surface area (Å²) >= 11 is 0. The standard InChI is InChI=1S/C13H23N5O7/c1-6(18-13(25)11(14)7(2)19)12(24)17-4-9(21)15-3-8(20)16-5-10(22)23/h6-7,11,19H,3-5,14H2,1-2H3,(H,15,21)(H,16,20)(H,17,24)(H,18,25)(H,22,23)/t6-,7+,11-/m0/s1. The highest BCUT2D eigenvalue weighted by Crippen LogP contribution is 1.91. The van der Waals surface area contributed by atoms with E-state index in [2.05, 4.69) is 16.0 Å². The van der Waals surface area contributed by atoms with Gasteiger partial charge in [-0.05, 0) is 13.8 Å². The fourth-order valence-electron chi connectivity index (χ4n) is 1.39. The first-order valence-corrected chi connectivity index (χ1v) is 7.31. The first kappa shape index (κ1) is 22.3. The lowest BCUT2D eigenvalue weighted by atomic mass is 10.1. The lowest BCUT2D eigenvalue weighted by Crippen LogP contribution is -2.54. The number of nitrogens with one attached hydrogen (secondary N) is 4. The summed E-state index contributed by atoms with van der Waals surface area (Å²) in [6.07, 6.45) is -1.09. The fraction of sp³-hybridized carbons (Fsp3) is 0.615. The van der Waals surface area contributed by atoms with E-state index in [0.717, 1.165) is 0 Å². The molecular weight excluding hydrogens is 338 g/mol. The van der Waals surface area contributed by atoms with Crippen LogP contribution in [-0.4, -0.2) is 77.6 Å². The van der Waals surface area contributed by atoms with Crippen molar-refractivity contribution in [2.75, 3.05) is 19.6 Å². The van der Waals surface area contributed by atoms with E-state index in [1.165, 1.54) is 13.8 Å². The van der Waals surface area contributed by atoms with E-state index in [-0.39, 0.29) is 0 Å². The number of amides is 4. The zero-order valence-corrected chi connectivity index (χ0v) is 13.9. The van der Waals surface area contributed by atoms with E-state index < -0.39 is 67.4 Å². The molecule has 0 aliphatic carbocycles. The van der Waals surface area contributed by atoms with Gasteiger partial charge in [0.15, 0.2) is 0 Å². The van der Waals surface area contributed by atoms with Gasteiger partial charge in [-0.1, -0.05) is 0 Å². The van der Waals surface area contributed by atoms with Crippen molar-refractivity contribution in [1.29, 1.82) is 0 Å². The van der Waals surface area contributed by atoms with Gasteiger partial charge in [0, 0.05) is 0 Å². The Labute approximate surface area is 143 Å². The molecule has 0 aromatic carbocycles. The predicted octanol–water partition coefficient (Wildman–Crippen LogP) is -4.37. The van der Waals surface area contributed by atoms with Gasteiger partial charge in [-0.2, -0.15) is 0 Å². The third-order valence-corrected chi connectivity index (χ3v) is 2.88. The SMILES string of the molecule is C[C@H](NC(=O)[C@@H](N)[C@@H](C)O)C(=O)NCC(=O)NCC(=O)NCC(=O)O. The normalized spacial score (nSPS) is 13.8. The van der Waals surface area contributed by atoms with Crippen LogP contribution in [0.5, 0.6) is 0 Å². The molecule has 0 saturated heterocycles. The Bertz CT molecular complexity index is 523. The summed E-state index contributed by atoms with van der Waals surface area (Å²) in [4.78, 5) is 56.2. The summed E-state index contributed by atoms with van der Waals surface area (Å²) in [5, 5.41) is 26.3. The molecule has 0 bridgehead atoms. The molecule has 4 amide bonds. The van der Waals surface area contributed by atoms with Gasteiger partial charge in [0.1, 0.15) is 18.6 Å². The third-order valence-electron chi connectivity index (χ3n) is 2.88. The highest BCUT2D eigenvalue weighted by atomic mass is 16.4. The van der Waals surface area contributed by atoms with Crippen LogP contribution >= 0.6 is 0 Å². The monoisotopic (exact) mass is 361 g/mol. The number of nitrogens with two attached hydrogens (primary N) is 1. The first-order chi connectivity index (χ1) is 11.5. The molecule has 0 aliphatic heterocycles. The van der Waals surface area contributed by atoms with E-state index in [1.54, 1.807) is 0 Å². The molecule has 0 saturated carbocycles. The molecular formula is C13H23N5O7. The van der Waals surface area contributed by atoms with Crippen LogP contribution < -0.4 is 27.0 Å². The molecule has 0 rings (SSSR count). The average Bonchev–Trinajstić information content (AvgIpc) is 2.54. The zero-order valence-electron chi connectivity index (χ0n) is 13.9. The van der Waals surface area contributed by atoms with Crippen LogP contribution in [0.25, 0.3) is 0 Å². The molecule has 0 unspecified atom stereocenters. The average molecular weight is 361 g/mol. The minimum Gasteiger partial charge on any atom is -0.480 e. The number of aliphatic carboxylic acids is 1. The highest BCUT2D eigenvalue weighted by Gasteiger charge is 2.23. The molecule has 0 fully saturated rings. The molecule has 0 aromatic rings. The second-order valence-corrected chi connectivity index (χ2v) is 5.16. The lowest BCUT2D eigenvalue weighted by Gasteiger charge is -2.18. The number of hydrogen-bond acceptors (Lipinski definition) is 7. The maximum Gasteiger partial charge on any atom is 0.322 e. The summed E-state index contributed by atoms with van der Waals surface area (Å²) < 4.78 is 0. The van der Waals surface area contributed by atoms with Crippen LogP contribution in [-0.2, 0) is 24.0 Å². The molecule has 3 atom stereocenters. The number of aliphatic hydroxyl groups excluding tert-OH is 1. The summed E-state index contributed by atoms with van der Waals surface area (Å²) in [6, 6.07) is -2.19. The number of hydrogen-bond donors (Lipinski definition) is 7. The van der Waals surface area contributed by atoms with Crippen molar-refractivity contribution in [3.05, 3.63) is 0 Å². The number of carboxylic acid groups (broad SMARTS) is 1. The van der Waals surface area contributed by atoms with Gasteiger partial charge < -0.3 is 37.2 Å². The highest BCUT2D eigenvalue weighted by molar-refractivity contribution is 5.92. The Hall–Kier alpha value is -2.73. The van der Waals surface area contributed by atoms with Crippen LogP contribution in [0, 0.1) is 0 Å². The second kappa shape index (κ2) is 10.9. The number of aliphatic hydroxyl groups is 1. The van der Waals surface area contributed by atoms with Gasteiger partial charge in [-0.25, -0.2) is 0 Å². The Kier molecular flexibility index (Phi) is 9.74. The number of carbonyl (C=O) groups is 5. The van der Waals surface area contributed by atoms with E-state index in [1.807, 2.05) is 5.32 Å². The number of carboxylic acids is 1. The van der Waals surface area contributed by atoms with Crippen molar-refractivity contribution in [2.24, 2.45) is 5.73 Å². The third kappa shape index (κ3) is 9.88. The fourth-order valence-corrected chi connectivity index (χ4v) is 1.39. The maximum atomic E-state index is 11.7. The molecule has 12 nitrogen and oxygen atoms in total. The van der Waals surface area contributed by atoms with E-state index in [4.69, 9.17) is 10.8 Å². The Balaban J connectivity index is 4.11. The molecule has 0 radical (unpaired) electrons. The van der Waals surface area contributed by atoms with Crippen molar-refractivity contribution in [2.45, 2.75) is 32.0 Å². The molecule has 0 aliphatic rings. The molecule has 12 heteroatoms. The Morgan fingerprint density at radius 1 is 0.880 bits per heavy atom. The van der Waals surface area contributed by atoms with Crippen molar-refractivity contribution >= 4 is 29.6 Å². The van der Waals surface area contributed by atoms with Gasteiger partial charge in [0.2, 0.25) is 23.6 Å². The van der Waals surface area contributed by atoms with Crippen LogP contribution in [0.15, 0.2) is 0 Å². The van der Waals surface area contributed by atoms with Crippen LogP contribution in [0.3, 0.4) is 0 Å². The summed E-state index contributed by atoms with van der Waals surface area (Å²) in [7, 11) is 0. The second-order valence-electron chi connectivity index (χ2n) is 5.16. The van der Waals surface area contributed by atoms with E-state index >= 15 is 0 Å². The van der Waals surface area contributed by atoms with Crippen molar-refractivity contribution in [1.82, 2.24) is 21.3 Å². The van der Waals surface area contributed by atoms with Crippen molar-refractivity contribution in [3.63, 3.8) is 0 Å². The number of carbonyl (C=O) groups excluding carboxylic acids is 4. The molecule has 0 spiro atoms. The smallest absolute Gasteiger partial charge is 0.322 e. The van der Waals surface area contributed by atoms with E-state index in [9.17, 15) is 29.1 Å². The van der Waals surface area contributed by atoms with Gasteiger partial charge in [-0.3, -0.25) is 24.0 Å². The Morgan fingerprint density at radius 2 is 1.36 bits per heavy atom. The van der Waals surface area contributed by atoms with Gasteiger partial charge >= 0.3 is 5.97 Å². The van der Waals surface area contributed by atoms with Gasteiger partial charge in [0.25, 0.3) is 0 Å². The minimum atomic E-state index is -1.22. The molecule has 142 valence electrons. The molecule has 25 heavy (non-hydrogen) atoms. The quantitative estimate of drug-likeness (QED) is 0.202. The van der Waals surface area contributed by atoms with Crippen LogP contribution in [0.1, 0.15) is 13.8 Å². The maximum absolute atomic E-state index is 11.7. The van der Waals surface area contributed by atoms with Gasteiger partial charge in [0.05, 0.1) is 19.2 Å². The van der Waals surface area contributed by atoms with Crippen molar-refractivity contribution < 1.29 is 34.2 Å². The zero-order chi connectivity index (χ0) is 19.6. The lowest BCUT2D eigenvalue weighted by molar-refractivity contribution is -0.137. The van der Waals surface area contributed by atoms with Crippen molar-refractivity contribution in [3.8, 4) is 0 Å². The number of rotatable bonds is 10. The molecule has 0 heterocycles.